The molecule has 1 saturated heterocycles. The minimum absolute atomic E-state index is 0.0765. The number of nitrogens with zero attached hydrogens (tertiary/aromatic N) is 4. The molecule has 1 aliphatic rings. The summed E-state index contributed by atoms with van der Waals surface area (Å²) in [7, 11) is -3.56. The first kappa shape index (κ1) is 24.6. The topological polar surface area (TPSA) is 78.4 Å². The van der Waals surface area contributed by atoms with E-state index in [1.54, 1.807) is 24.3 Å². The maximum Gasteiger partial charge on any atom is 0.243 e. The van der Waals surface area contributed by atoms with Crippen LogP contribution in [0.4, 0.5) is 11.5 Å². The molecule has 9 heteroatoms. The number of benzene rings is 3. The highest BCUT2D eigenvalue weighted by Gasteiger charge is 2.31. The number of sulfonamides is 1. The average molecular weight is 522 g/mol. The summed E-state index contributed by atoms with van der Waals surface area (Å²) < 4.78 is 27.7. The van der Waals surface area contributed by atoms with Crippen LogP contribution in [0.1, 0.15) is 24.4 Å². The molecule has 186 valence electrons. The minimum atomic E-state index is -3.56. The fourth-order valence-corrected chi connectivity index (χ4v) is 6.02. The Morgan fingerprint density at radius 2 is 1.56 bits per heavy atom. The number of hydrogen-bond acceptors (Lipinski definition) is 6. The van der Waals surface area contributed by atoms with Gasteiger partial charge >= 0.3 is 0 Å². The number of fused-ring (bicyclic) bond motifs is 1. The van der Waals surface area contributed by atoms with Crippen LogP contribution in [0.15, 0.2) is 77.7 Å². The normalized spacial score (nSPS) is 16.2. The summed E-state index contributed by atoms with van der Waals surface area (Å²) in [5, 5.41) is 4.96. The summed E-state index contributed by atoms with van der Waals surface area (Å²) in [6, 6.07) is 22.3. The molecule has 5 rings (SSSR count). The minimum Gasteiger partial charge on any atom is -0.339 e. The van der Waals surface area contributed by atoms with Gasteiger partial charge in [0.05, 0.1) is 16.5 Å². The van der Waals surface area contributed by atoms with E-state index in [-0.39, 0.29) is 10.9 Å². The Kier molecular flexibility index (Phi) is 6.94. The van der Waals surface area contributed by atoms with Crippen LogP contribution in [0.5, 0.6) is 0 Å². The smallest absolute Gasteiger partial charge is 0.243 e. The van der Waals surface area contributed by atoms with E-state index >= 15 is 0 Å². The molecule has 1 atom stereocenters. The fourth-order valence-electron chi connectivity index (χ4n) is 4.47. The molecule has 2 heterocycles. The Balaban J connectivity index is 1.37. The van der Waals surface area contributed by atoms with Gasteiger partial charge in [0.1, 0.15) is 11.6 Å². The van der Waals surface area contributed by atoms with Crippen LogP contribution in [0.2, 0.25) is 5.02 Å². The van der Waals surface area contributed by atoms with Crippen LogP contribution < -0.4 is 5.32 Å². The van der Waals surface area contributed by atoms with Crippen molar-refractivity contribution in [1.29, 1.82) is 0 Å². The first-order chi connectivity index (χ1) is 17.3. The van der Waals surface area contributed by atoms with Crippen LogP contribution in [-0.4, -0.2) is 53.8 Å². The van der Waals surface area contributed by atoms with Crippen LogP contribution in [0.25, 0.3) is 10.9 Å². The molecule has 1 aliphatic heterocycles. The van der Waals surface area contributed by atoms with Gasteiger partial charge in [0.2, 0.25) is 10.0 Å². The molecule has 3 aromatic carbocycles. The standard InChI is InChI=1S/C27H28ClN5O2S/c1-19-7-3-5-9-24(19)29-27-23-8-4-6-10-25(23)30-26(31-27)20(2)32-15-17-33(18-16-32)36(34,35)22-13-11-21(28)12-14-22/h3-14,20H,15-18H2,1-2H3,(H,29,30,31). The van der Waals surface area contributed by atoms with Crippen molar-refractivity contribution < 1.29 is 8.42 Å². The van der Waals surface area contributed by atoms with Crippen LogP contribution in [-0.2, 0) is 10.0 Å². The van der Waals surface area contributed by atoms with Crippen molar-refractivity contribution in [2.45, 2.75) is 24.8 Å². The lowest BCUT2D eigenvalue weighted by molar-refractivity contribution is 0.141. The summed E-state index contributed by atoms with van der Waals surface area (Å²) in [4.78, 5) is 12.3. The molecule has 1 aromatic heterocycles. The molecule has 36 heavy (non-hydrogen) atoms. The lowest BCUT2D eigenvalue weighted by Crippen LogP contribution is -2.49. The second-order valence-corrected chi connectivity index (χ2v) is 11.3. The number of anilines is 2. The van der Waals surface area contributed by atoms with Gasteiger partial charge in [0, 0.05) is 42.3 Å². The van der Waals surface area contributed by atoms with E-state index in [0.717, 1.165) is 28.0 Å². The quantitative estimate of drug-likeness (QED) is 0.366. The Labute approximate surface area is 216 Å². The molecule has 1 fully saturated rings. The number of halogens is 1. The third-order valence-electron chi connectivity index (χ3n) is 6.66. The van der Waals surface area contributed by atoms with Gasteiger partial charge in [-0.2, -0.15) is 4.31 Å². The molecule has 0 bridgehead atoms. The molecule has 4 aromatic rings. The van der Waals surface area contributed by atoms with Gasteiger partial charge < -0.3 is 5.32 Å². The molecule has 0 spiro atoms. The van der Waals surface area contributed by atoms with E-state index in [4.69, 9.17) is 21.6 Å². The lowest BCUT2D eigenvalue weighted by atomic mass is 10.1. The summed E-state index contributed by atoms with van der Waals surface area (Å²) in [6.07, 6.45) is 0. The van der Waals surface area contributed by atoms with Gasteiger partial charge in [0.15, 0.2) is 0 Å². The summed E-state index contributed by atoms with van der Waals surface area (Å²) >= 11 is 5.93. The van der Waals surface area contributed by atoms with E-state index in [2.05, 4.69) is 30.1 Å². The number of hydrogen-bond donors (Lipinski definition) is 1. The van der Waals surface area contributed by atoms with Crippen molar-refractivity contribution in [2.24, 2.45) is 0 Å². The summed E-state index contributed by atoms with van der Waals surface area (Å²) in [5.74, 6) is 1.47. The van der Waals surface area contributed by atoms with Crippen LogP contribution in [0, 0.1) is 6.92 Å². The molecule has 0 radical (unpaired) electrons. The first-order valence-corrected chi connectivity index (χ1v) is 13.7. The Hall–Kier alpha value is -3.04. The molecular formula is C27H28ClN5O2S. The van der Waals surface area contributed by atoms with Crippen LogP contribution >= 0.6 is 11.6 Å². The highest BCUT2D eigenvalue weighted by atomic mass is 35.5. The van der Waals surface area contributed by atoms with E-state index in [0.29, 0.717) is 37.0 Å². The second kappa shape index (κ2) is 10.1. The van der Waals surface area contributed by atoms with Crippen molar-refractivity contribution in [3.63, 3.8) is 0 Å². The number of aromatic nitrogens is 2. The fraction of sp³-hybridized carbons (Fsp3) is 0.259. The number of para-hydroxylation sites is 2. The Morgan fingerprint density at radius 3 is 2.28 bits per heavy atom. The van der Waals surface area contributed by atoms with Gasteiger partial charge in [-0.05, 0) is 61.9 Å². The number of nitrogens with one attached hydrogen (secondary N) is 1. The number of rotatable bonds is 6. The first-order valence-electron chi connectivity index (χ1n) is 11.9. The van der Waals surface area contributed by atoms with Crippen molar-refractivity contribution >= 4 is 44.0 Å². The van der Waals surface area contributed by atoms with Crippen molar-refractivity contribution in [2.75, 3.05) is 31.5 Å². The van der Waals surface area contributed by atoms with Crippen LogP contribution in [0.3, 0.4) is 0 Å². The maximum absolute atomic E-state index is 13.1. The van der Waals surface area contributed by atoms with Gasteiger partial charge in [-0.25, -0.2) is 18.4 Å². The Morgan fingerprint density at radius 1 is 0.889 bits per heavy atom. The molecule has 0 aliphatic carbocycles. The molecular weight excluding hydrogens is 494 g/mol. The highest BCUT2D eigenvalue weighted by molar-refractivity contribution is 7.89. The van der Waals surface area contributed by atoms with Crippen molar-refractivity contribution in [1.82, 2.24) is 19.2 Å². The zero-order valence-electron chi connectivity index (χ0n) is 20.2. The predicted molar refractivity (Wildman–Crippen MR) is 144 cm³/mol. The van der Waals surface area contributed by atoms with Gasteiger partial charge in [-0.3, -0.25) is 4.90 Å². The maximum atomic E-state index is 13.1. The van der Waals surface area contributed by atoms with E-state index < -0.39 is 10.0 Å². The van der Waals surface area contributed by atoms with Gasteiger partial charge in [-0.1, -0.05) is 41.9 Å². The number of aryl methyl sites for hydroxylation is 1. The van der Waals surface area contributed by atoms with Gasteiger partial charge in [-0.15, -0.1) is 0 Å². The second-order valence-electron chi connectivity index (χ2n) is 8.96. The average Bonchev–Trinajstić information content (AvgIpc) is 2.90. The zero-order valence-corrected chi connectivity index (χ0v) is 21.8. The van der Waals surface area contributed by atoms with Gasteiger partial charge in [0.25, 0.3) is 0 Å². The molecule has 7 nitrogen and oxygen atoms in total. The Bertz CT molecular complexity index is 1490. The molecule has 0 amide bonds. The SMILES string of the molecule is Cc1ccccc1Nc1nc(C(C)N2CCN(S(=O)(=O)c3ccc(Cl)cc3)CC2)nc2ccccc12. The van der Waals surface area contributed by atoms with E-state index in [1.807, 2.05) is 42.5 Å². The third kappa shape index (κ3) is 4.95. The zero-order chi connectivity index (χ0) is 25.3. The third-order valence-corrected chi connectivity index (χ3v) is 8.83. The van der Waals surface area contributed by atoms with Crippen molar-refractivity contribution in [3.8, 4) is 0 Å². The molecule has 1 N–H and O–H groups in total. The predicted octanol–water partition coefficient (Wildman–Crippen LogP) is 5.40. The lowest BCUT2D eigenvalue weighted by Gasteiger charge is -2.36. The monoisotopic (exact) mass is 521 g/mol. The molecule has 1 unspecified atom stereocenters. The van der Waals surface area contributed by atoms with E-state index in [9.17, 15) is 8.42 Å². The molecule has 0 saturated carbocycles. The number of piperazine rings is 1. The van der Waals surface area contributed by atoms with Crippen molar-refractivity contribution in [3.05, 3.63) is 89.2 Å². The largest absolute Gasteiger partial charge is 0.339 e. The summed E-state index contributed by atoms with van der Waals surface area (Å²) in [6.45, 7) is 6.11. The summed E-state index contributed by atoms with van der Waals surface area (Å²) in [5.41, 5.74) is 3.00. The highest BCUT2D eigenvalue weighted by Crippen LogP contribution is 2.29. The van der Waals surface area contributed by atoms with E-state index in [1.165, 1.54) is 4.31 Å².